The molecule has 16 heavy (non-hydrogen) atoms. The Labute approximate surface area is 95.2 Å². The molecule has 1 aromatic rings. The summed E-state index contributed by atoms with van der Waals surface area (Å²) in [4.78, 5) is 22.0. The molecule has 0 unspecified atom stereocenters. The standard InChI is InChI=1S/C12H16N2O2/c1-10(15)8-9-14(13-11(2)16)12-6-4-3-5-7-12/h3-7H,8-9H2,1-2H3,(H,13,16). The number of hydrogen-bond donors (Lipinski definition) is 1. The van der Waals surface area contributed by atoms with Gasteiger partial charge in [-0.2, -0.15) is 0 Å². The number of anilines is 1. The predicted octanol–water partition coefficient (Wildman–Crippen LogP) is 1.52. The molecule has 1 rings (SSSR count). The van der Waals surface area contributed by atoms with E-state index in [2.05, 4.69) is 5.43 Å². The number of benzene rings is 1. The minimum absolute atomic E-state index is 0.103. The summed E-state index contributed by atoms with van der Waals surface area (Å²) < 4.78 is 0. The first-order valence-corrected chi connectivity index (χ1v) is 5.19. The number of amides is 1. The molecule has 4 nitrogen and oxygen atoms in total. The van der Waals surface area contributed by atoms with Crippen LogP contribution in [-0.2, 0) is 9.59 Å². The van der Waals surface area contributed by atoms with Gasteiger partial charge in [0.15, 0.2) is 0 Å². The zero-order chi connectivity index (χ0) is 12.0. The van der Waals surface area contributed by atoms with Crippen LogP contribution in [0.2, 0.25) is 0 Å². The minimum Gasteiger partial charge on any atom is -0.300 e. The largest absolute Gasteiger partial charge is 0.300 e. The van der Waals surface area contributed by atoms with E-state index in [1.807, 2.05) is 30.3 Å². The first kappa shape index (κ1) is 12.2. The number of nitrogens with zero attached hydrogens (tertiary/aromatic N) is 1. The smallest absolute Gasteiger partial charge is 0.235 e. The van der Waals surface area contributed by atoms with E-state index < -0.39 is 0 Å². The lowest BCUT2D eigenvalue weighted by Crippen LogP contribution is -2.42. The normalized spacial score (nSPS) is 9.62. The molecule has 1 amide bonds. The number of carbonyl (C=O) groups is 2. The number of carbonyl (C=O) groups excluding carboxylic acids is 2. The first-order valence-electron chi connectivity index (χ1n) is 5.19. The van der Waals surface area contributed by atoms with Gasteiger partial charge in [-0.1, -0.05) is 18.2 Å². The van der Waals surface area contributed by atoms with Gasteiger partial charge < -0.3 is 0 Å². The average Bonchev–Trinajstić information content (AvgIpc) is 2.25. The summed E-state index contributed by atoms with van der Waals surface area (Å²) in [5.74, 6) is -0.0429. The number of hydrazine groups is 1. The Bertz CT molecular complexity index is 363. The van der Waals surface area contributed by atoms with E-state index >= 15 is 0 Å². The number of ketones is 1. The first-order chi connectivity index (χ1) is 7.59. The van der Waals surface area contributed by atoms with Gasteiger partial charge in [-0.3, -0.25) is 20.0 Å². The van der Waals surface area contributed by atoms with Crippen molar-refractivity contribution in [3.05, 3.63) is 30.3 Å². The van der Waals surface area contributed by atoms with Crippen molar-refractivity contribution < 1.29 is 9.59 Å². The maximum atomic E-state index is 11.0. The number of Topliss-reactive ketones (excluding diaryl/α,β-unsaturated/α-hetero) is 1. The highest BCUT2D eigenvalue weighted by Gasteiger charge is 2.07. The van der Waals surface area contributed by atoms with Gasteiger partial charge in [-0.25, -0.2) is 0 Å². The molecule has 1 N–H and O–H groups in total. The predicted molar refractivity (Wildman–Crippen MR) is 62.9 cm³/mol. The molecule has 0 bridgehead atoms. The Kier molecular flexibility index (Phi) is 4.51. The fourth-order valence-electron chi connectivity index (χ4n) is 1.32. The monoisotopic (exact) mass is 220 g/mol. The van der Waals surface area contributed by atoms with Crippen LogP contribution >= 0.6 is 0 Å². The topological polar surface area (TPSA) is 49.4 Å². The summed E-state index contributed by atoms with van der Waals surface area (Å²) in [5, 5.41) is 1.68. The average molecular weight is 220 g/mol. The van der Waals surface area contributed by atoms with Crippen LogP contribution in [0, 0.1) is 0 Å². The minimum atomic E-state index is -0.146. The highest BCUT2D eigenvalue weighted by Crippen LogP contribution is 2.11. The molecule has 86 valence electrons. The van der Waals surface area contributed by atoms with E-state index in [1.165, 1.54) is 13.8 Å². The summed E-state index contributed by atoms with van der Waals surface area (Å²) in [6, 6.07) is 9.45. The molecule has 1 aromatic carbocycles. The van der Waals surface area contributed by atoms with Crippen molar-refractivity contribution in [3.63, 3.8) is 0 Å². The van der Waals surface area contributed by atoms with Gasteiger partial charge in [-0.05, 0) is 19.1 Å². The lowest BCUT2D eigenvalue weighted by Gasteiger charge is -2.24. The van der Waals surface area contributed by atoms with Crippen LogP contribution in [0.4, 0.5) is 5.69 Å². The Balaban J connectivity index is 2.71. The second-order valence-corrected chi connectivity index (χ2v) is 3.61. The van der Waals surface area contributed by atoms with Gasteiger partial charge in [0.25, 0.3) is 0 Å². The van der Waals surface area contributed by atoms with Crippen molar-refractivity contribution in [3.8, 4) is 0 Å². The zero-order valence-electron chi connectivity index (χ0n) is 9.56. The fourth-order valence-corrected chi connectivity index (χ4v) is 1.32. The van der Waals surface area contributed by atoms with E-state index in [0.29, 0.717) is 13.0 Å². The fraction of sp³-hybridized carbons (Fsp3) is 0.333. The molecule has 0 aliphatic carbocycles. The second kappa shape index (κ2) is 5.90. The van der Waals surface area contributed by atoms with Gasteiger partial charge in [0.05, 0.1) is 5.69 Å². The number of nitrogens with one attached hydrogen (secondary N) is 1. The summed E-state index contributed by atoms with van der Waals surface area (Å²) in [6.45, 7) is 3.47. The van der Waals surface area contributed by atoms with Crippen LogP contribution in [0.3, 0.4) is 0 Å². The maximum Gasteiger partial charge on any atom is 0.235 e. The molecule has 4 heteroatoms. The highest BCUT2D eigenvalue weighted by atomic mass is 16.2. The van der Waals surface area contributed by atoms with E-state index in [-0.39, 0.29) is 11.7 Å². The summed E-state index contributed by atoms with van der Waals surface area (Å²) >= 11 is 0. The van der Waals surface area contributed by atoms with E-state index in [0.717, 1.165) is 5.69 Å². The number of rotatable bonds is 5. The summed E-state index contributed by atoms with van der Waals surface area (Å²) in [5.41, 5.74) is 3.57. The molecule has 0 spiro atoms. The van der Waals surface area contributed by atoms with Crippen molar-refractivity contribution in [2.45, 2.75) is 20.3 Å². The van der Waals surface area contributed by atoms with E-state index in [4.69, 9.17) is 0 Å². The Morgan fingerprint density at radius 2 is 1.81 bits per heavy atom. The molecule has 0 aliphatic heterocycles. The van der Waals surface area contributed by atoms with Gasteiger partial charge in [0.1, 0.15) is 5.78 Å². The van der Waals surface area contributed by atoms with Crippen LogP contribution in [0.5, 0.6) is 0 Å². The Morgan fingerprint density at radius 1 is 1.19 bits per heavy atom. The summed E-state index contributed by atoms with van der Waals surface area (Å²) in [6.07, 6.45) is 0.412. The number of hydrogen-bond acceptors (Lipinski definition) is 3. The van der Waals surface area contributed by atoms with Crippen LogP contribution in [0.25, 0.3) is 0 Å². The SMILES string of the molecule is CC(=O)CCN(NC(C)=O)c1ccccc1. The Morgan fingerprint density at radius 3 is 2.31 bits per heavy atom. The van der Waals surface area contributed by atoms with Crippen molar-refractivity contribution >= 4 is 17.4 Å². The third kappa shape index (κ3) is 4.13. The quantitative estimate of drug-likeness (QED) is 0.765. The molecular formula is C12H16N2O2. The zero-order valence-corrected chi connectivity index (χ0v) is 9.56. The van der Waals surface area contributed by atoms with Gasteiger partial charge in [0.2, 0.25) is 5.91 Å². The molecule has 0 saturated carbocycles. The highest BCUT2D eigenvalue weighted by molar-refractivity contribution is 5.77. The maximum absolute atomic E-state index is 11.0. The van der Waals surface area contributed by atoms with Crippen LogP contribution in [0.15, 0.2) is 30.3 Å². The lowest BCUT2D eigenvalue weighted by atomic mass is 10.2. The third-order valence-corrected chi connectivity index (χ3v) is 2.05. The van der Waals surface area contributed by atoms with Crippen LogP contribution in [-0.4, -0.2) is 18.2 Å². The van der Waals surface area contributed by atoms with Crippen LogP contribution in [0.1, 0.15) is 20.3 Å². The van der Waals surface area contributed by atoms with E-state index in [9.17, 15) is 9.59 Å². The molecule has 0 atom stereocenters. The summed E-state index contributed by atoms with van der Waals surface area (Å²) in [7, 11) is 0. The molecule has 0 radical (unpaired) electrons. The number of para-hydroxylation sites is 1. The van der Waals surface area contributed by atoms with Gasteiger partial charge >= 0.3 is 0 Å². The third-order valence-electron chi connectivity index (χ3n) is 2.05. The molecule has 0 aliphatic rings. The van der Waals surface area contributed by atoms with Crippen molar-refractivity contribution in [2.24, 2.45) is 0 Å². The second-order valence-electron chi connectivity index (χ2n) is 3.61. The molecule has 0 heterocycles. The van der Waals surface area contributed by atoms with E-state index in [1.54, 1.807) is 5.01 Å². The molecule has 0 aromatic heterocycles. The van der Waals surface area contributed by atoms with Gasteiger partial charge in [0, 0.05) is 19.9 Å². The van der Waals surface area contributed by atoms with Crippen molar-refractivity contribution in [1.82, 2.24) is 5.43 Å². The molecule has 0 saturated heterocycles. The lowest BCUT2D eigenvalue weighted by molar-refractivity contribution is -0.120. The molecular weight excluding hydrogens is 204 g/mol. The Hall–Kier alpha value is -1.84. The van der Waals surface area contributed by atoms with Gasteiger partial charge in [-0.15, -0.1) is 0 Å². The van der Waals surface area contributed by atoms with Crippen LogP contribution < -0.4 is 10.4 Å². The van der Waals surface area contributed by atoms with Crippen molar-refractivity contribution in [2.75, 3.05) is 11.6 Å². The molecule has 0 fully saturated rings. The van der Waals surface area contributed by atoms with Crippen molar-refractivity contribution in [1.29, 1.82) is 0 Å².